The van der Waals surface area contributed by atoms with Crippen LogP contribution in [-0.2, 0) is 22.5 Å². The van der Waals surface area contributed by atoms with Crippen molar-refractivity contribution >= 4 is 22.9 Å². The summed E-state index contributed by atoms with van der Waals surface area (Å²) < 4.78 is 33.7. The monoisotopic (exact) mass is 387 g/mol. The second kappa shape index (κ2) is 9.41. The molecular formula is C21H23F2N3O2. The predicted octanol–water partition coefficient (Wildman–Crippen LogP) is 4.31. The first-order valence-corrected chi connectivity index (χ1v) is 9.35. The number of hydrogen-bond acceptors (Lipinski definition) is 3. The number of halogens is 2. The fourth-order valence-corrected chi connectivity index (χ4v) is 3.01. The molecule has 1 amide bonds. The summed E-state index contributed by atoms with van der Waals surface area (Å²) >= 11 is 0. The number of aromatic nitrogens is 2. The van der Waals surface area contributed by atoms with Crippen LogP contribution in [0.15, 0.2) is 42.5 Å². The van der Waals surface area contributed by atoms with Crippen molar-refractivity contribution in [2.24, 2.45) is 0 Å². The lowest BCUT2D eigenvalue weighted by Crippen LogP contribution is -2.17. The summed E-state index contributed by atoms with van der Waals surface area (Å²) in [5.41, 5.74) is 2.31. The first kappa shape index (κ1) is 19.9. The van der Waals surface area contributed by atoms with Gasteiger partial charge in [0.05, 0.1) is 11.0 Å². The lowest BCUT2D eigenvalue weighted by Gasteiger charge is -2.10. The Labute approximate surface area is 162 Å². The number of ether oxygens (including phenoxy) is 1. The molecule has 0 bridgehead atoms. The largest absolute Gasteiger partial charge is 0.382 e. The molecular weight excluding hydrogens is 364 g/mol. The molecule has 0 saturated carbocycles. The molecule has 5 nitrogen and oxygen atoms in total. The highest BCUT2D eigenvalue weighted by molar-refractivity contribution is 5.91. The Morgan fingerprint density at radius 1 is 1.18 bits per heavy atom. The van der Waals surface area contributed by atoms with Gasteiger partial charge in [-0.15, -0.1) is 0 Å². The molecule has 2 aromatic carbocycles. The molecule has 7 heteroatoms. The number of imidazole rings is 1. The van der Waals surface area contributed by atoms with Gasteiger partial charge in [-0.05, 0) is 49.6 Å². The predicted molar refractivity (Wildman–Crippen MR) is 104 cm³/mol. The van der Waals surface area contributed by atoms with E-state index in [2.05, 4.69) is 10.3 Å². The van der Waals surface area contributed by atoms with Crippen LogP contribution >= 0.6 is 0 Å². The van der Waals surface area contributed by atoms with Crippen molar-refractivity contribution in [3.8, 4) is 0 Å². The summed E-state index contributed by atoms with van der Waals surface area (Å²) in [4.78, 5) is 16.9. The number of carbonyl (C=O) groups excluding carboxylic acids is 1. The summed E-state index contributed by atoms with van der Waals surface area (Å²) in [7, 11) is 0. The summed E-state index contributed by atoms with van der Waals surface area (Å²) in [6, 6.07) is 11.3. The molecule has 1 heterocycles. The number of carbonyl (C=O) groups is 1. The van der Waals surface area contributed by atoms with Crippen molar-refractivity contribution < 1.29 is 18.3 Å². The van der Waals surface area contributed by atoms with Crippen LogP contribution < -0.4 is 5.32 Å². The maximum atomic E-state index is 13.3. The molecule has 0 unspecified atom stereocenters. The molecule has 3 aromatic rings. The topological polar surface area (TPSA) is 56.1 Å². The maximum absolute atomic E-state index is 13.3. The minimum absolute atomic E-state index is 0.146. The summed E-state index contributed by atoms with van der Waals surface area (Å²) in [6.45, 7) is 3.91. The van der Waals surface area contributed by atoms with E-state index >= 15 is 0 Å². The van der Waals surface area contributed by atoms with Gasteiger partial charge < -0.3 is 9.30 Å². The average Bonchev–Trinajstić information content (AvgIpc) is 3.03. The Bertz CT molecular complexity index is 956. The zero-order valence-corrected chi connectivity index (χ0v) is 15.8. The van der Waals surface area contributed by atoms with Crippen molar-refractivity contribution in [1.29, 1.82) is 0 Å². The zero-order valence-electron chi connectivity index (χ0n) is 15.8. The van der Waals surface area contributed by atoms with E-state index in [4.69, 9.17) is 4.74 Å². The van der Waals surface area contributed by atoms with Gasteiger partial charge in [-0.2, -0.15) is 0 Å². The van der Waals surface area contributed by atoms with Crippen LogP contribution in [0.2, 0.25) is 0 Å². The van der Waals surface area contributed by atoms with Crippen molar-refractivity contribution in [3.05, 3.63) is 59.7 Å². The van der Waals surface area contributed by atoms with Gasteiger partial charge in [-0.25, -0.2) is 13.8 Å². The molecule has 0 aliphatic heterocycles. The number of fused-ring (bicyclic) bond motifs is 1. The van der Waals surface area contributed by atoms with Gasteiger partial charge in [0.1, 0.15) is 0 Å². The van der Waals surface area contributed by atoms with Crippen molar-refractivity contribution in [1.82, 2.24) is 9.55 Å². The Morgan fingerprint density at radius 2 is 2.00 bits per heavy atom. The number of rotatable bonds is 9. The number of aryl methyl sites for hydroxylation is 2. The van der Waals surface area contributed by atoms with Crippen LogP contribution in [0.1, 0.15) is 25.3 Å². The molecule has 0 atom stereocenters. The first-order chi connectivity index (χ1) is 13.6. The standard InChI is InChI=1S/C21H23F2N3O2/c1-2-28-13-5-12-26-19-7-4-3-6-18(19)24-21(26)25-20(27)11-9-15-8-10-16(22)17(23)14-15/h3-4,6-8,10,14H,2,5,9,11-13H2,1H3,(H,24,25,27). The van der Waals surface area contributed by atoms with Crippen LogP contribution in [0, 0.1) is 11.6 Å². The van der Waals surface area contributed by atoms with E-state index < -0.39 is 11.6 Å². The second-order valence-corrected chi connectivity index (χ2v) is 6.42. The van der Waals surface area contributed by atoms with E-state index in [0.29, 0.717) is 37.7 Å². The van der Waals surface area contributed by atoms with Crippen molar-refractivity contribution in [2.45, 2.75) is 32.7 Å². The third-order valence-electron chi connectivity index (χ3n) is 4.41. The molecule has 0 fully saturated rings. The number of amides is 1. The van der Waals surface area contributed by atoms with Crippen molar-refractivity contribution in [3.63, 3.8) is 0 Å². The molecule has 0 radical (unpaired) electrons. The van der Waals surface area contributed by atoms with Gasteiger partial charge in [0.2, 0.25) is 11.9 Å². The molecule has 0 saturated heterocycles. The molecule has 0 aliphatic carbocycles. The minimum atomic E-state index is -0.908. The number of para-hydroxylation sites is 2. The number of anilines is 1. The molecule has 28 heavy (non-hydrogen) atoms. The van der Waals surface area contributed by atoms with Crippen molar-refractivity contribution in [2.75, 3.05) is 18.5 Å². The van der Waals surface area contributed by atoms with Crippen LogP contribution in [-0.4, -0.2) is 28.7 Å². The summed E-state index contributed by atoms with van der Waals surface area (Å²) in [5.74, 6) is -1.55. The Morgan fingerprint density at radius 3 is 2.79 bits per heavy atom. The fourth-order valence-electron chi connectivity index (χ4n) is 3.01. The van der Waals surface area contributed by atoms with E-state index in [9.17, 15) is 13.6 Å². The van der Waals surface area contributed by atoms with E-state index in [1.807, 2.05) is 35.8 Å². The molecule has 0 spiro atoms. The van der Waals surface area contributed by atoms with Gasteiger partial charge in [0.25, 0.3) is 0 Å². The molecule has 148 valence electrons. The average molecular weight is 387 g/mol. The highest BCUT2D eigenvalue weighted by Crippen LogP contribution is 2.20. The molecule has 0 aliphatic rings. The van der Waals surface area contributed by atoms with Gasteiger partial charge in [-0.1, -0.05) is 18.2 Å². The van der Waals surface area contributed by atoms with E-state index in [1.165, 1.54) is 6.07 Å². The lowest BCUT2D eigenvalue weighted by molar-refractivity contribution is -0.116. The van der Waals surface area contributed by atoms with E-state index in [0.717, 1.165) is 29.6 Å². The maximum Gasteiger partial charge on any atom is 0.227 e. The summed E-state index contributed by atoms with van der Waals surface area (Å²) in [5, 5.41) is 2.84. The van der Waals surface area contributed by atoms with Gasteiger partial charge >= 0.3 is 0 Å². The Kier molecular flexibility index (Phi) is 6.71. The smallest absolute Gasteiger partial charge is 0.227 e. The quantitative estimate of drug-likeness (QED) is 0.557. The number of nitrogens with one attached hydrogen (secondary N) is 1. The fraction of sp³-hybridized carbons (Fsp3) is 0.333. The third kappa shape index (κ3) is 4.92. The third-order valence-corrected chi connectivity index (χ3v) is 4.41. The van der Waals surface area contributed by atoms with E-state index in [-0.39, 0.29) is 12.3 Å². The minimum Gasteiger partial charge on any atom is -0.382 e. The lowest BCUT2D eigenvalue weighted by atomic mass is 10.1. The highest BCUT2D eigenvalue weighted by Gasteiger charge is 2.13. The molecule has 1 aromatic heterocycles. The van der Waals surface area contributed by atoms with Crippen LogP contribution in [0.5, 0.6) is 0 Å². The molecule has 1 N–H and O–H groups in total. The number of hydrogen-bond donors (Lipinski definition) is 1. The van der Waals surface area contributed by atoms with Gasteiger partial charge in [-0.3, -0.25) is 10.1 Å². The van der Waals surface area contributed by atoms with Gasteiger partial charge in [0, 0.05) is 26.2 Å². The van der Waals surface area contributed by atoms with Crippen LogP contribution in [0.3, 0.4) is 0 Å². The molecule has 3 rings (SSSR count). The highest BCUT2D eigenvalue weighted by atomic mass is 19.2. The first-order valence-electron chi connectivity index (χ1n) is 9.35. The second-order valence-electron chi connectivity index (χ2n) is 6.42. The van der Waals surface area contributed by atoms with Crippen LogP contribution in [0.25, 0.3) is 11.0 Å². The number of nitrogens with zero attached hydrogens (tertiary/aromatic N) is 2. The Balaban J connectivity index is 1.67. The Hall–Kier alpha value is -2.80. The SMILES string of the molecule is CCOCCCn1c(NC(=O)CCc2ccc(F)c(F)c2)nc2ccccc21. The summed E-state index contributed by atoms with van der Waals surface area (Å²) in [6.07, 6.45) is 1.26. The normalized spacial score (nSPS) is 11.1. The number of benzene rings is 2. The van der Waals surface area contributed by atoms with E-state index in [1.54, 1.807) is 0 Å². The van der Waals surface area contributed by atoms with Crippen LogP contribution in [0.4, 0.5) is 14.7 Å². The zero-order chi connectivity index (χ0) is 19.9. The van der Waals surface area contributed by atoms with Gasteiger partial charge in [0.15, 0.2) is 11.6 Å².